The molecule has 0 spiro atoms. The SMILES string of the molecule is CCS(=O)(=O)Cc1ncc(C(C)(C)O)s1. The van der Waals surface area contributed by atoms with Crippen LogP contribution < -0.4 is 0 Å². The molecule has 0 amide bonds. The van der Waals surface area contributed by atoms with Crippen molar-refractivity contribution in [3.05, 3.63) is 16.1 Å². The van der Waals surface area contributed by atoms with Crippen LogP contribution in [-0.2, 0) is 21.2 Å². The lowest BCUT2D eigenvalue weighted by molar-refractivity contribution is 0.0823. The summed E-state index contributed by atoms with van der Waals surface area (Å²) in [5.74, 6) is 0.0781. The Labute approximate surface area is 93.9 Å². The summed E-state index contributed by atoms with van der Waals surface area (Å²) in [6.07, 6.45) is 1.53. The maximum atomic E-state index is 11.3. The van der Waals surface area contributed by atoms with Gasteiger partial charge in [0.1, 0.15) is 10.8 Å². The summed E-state index contributed by atoms with van der Waals surface area (Å²) in [6, 6.07) is 0. The van der Waals surface area contributed by atoms with Crippen LogP contribution in [0, 0.1) is 0 Å². The Bertz CT molecular complexity index is 428. The van der Waals surface area contributed by atoms with Gasteiger partial charge in [-0.1, -0.05) is 6.92 Å². The van der Waals surface area contributed by atoms with E-state index in [9.17, 15) is 13.5 Å². The monoisotopic (exact) mass is 249 g/mol. The first-order valence-electron chi connectivity index (χ1n) is 4.62. The summed E-state index contributed by atoms with van der Waals surface area (Å²) in [5, 5.41) is 10.2. The molecular formula is C9H15NO3S2. The largest absolute Gasteiger partial charge is 0.385 e. The van der Waals surface area contributed by atoms with E-state index in [4.69, 9.17) is 0 Å². The summed E-state index contributed by atoms with van der Waals surface area (Å²) in [4.78, 5) is 4.68. The van der Waals surface area contributed by atoms with Crippen molar-refractivity contribution in [3.8, 4) is 0 Å². The fourth-order valence-corrected chi connectivity index (χ4v) is 3.09. The molecule has 0 aliphatic heterocycles. The predicted octanol–water partition coefficient (Wildman–Crippen LogP) is 1.31. The van der Waals surface area contributed by atoms with Crippen molar-refractivity contribution >= 4 is 21.2 Å². The normalized spacial score (nSPS) is 13.1. The van der Waals surface area contributed by atoms with Gasteiger partial charge in [-0.05, 0) is 13.8 Å². The first kappa shape index (κ1) is 12.6. The number of sulfone groups is 1. The standard InChI is InChI=1S/C9H15NO3S2/c1-4-15(12,13)6-8-10-5-7(14-8)9(2,3)11/h5,11H,4,6H2,1-3H3. The van der Waals surface area contributed by atoms with Gasteiger partial charge in [0.15, 0.2) is 9.84 Å². The molecule has 0 aromatic carbocycles. The number of hydrogen-bond acceptors (Lipinski definition) is 5. The number of aliphatic hydroxyl groups is 1. The second-order valence-corrected chi connectivity index (χ2v) is 7.32. The zero-order valence-electron chi connectivity index (χ0n) is 9.02. The third kappa shape index (κ3) is 3.55. The van der Waals surface area contributed by atoms with Crippen molar-refractivity contribution < 1.29 is 13.5 Å². The summed E-state index contributed by atoms with van der Waals surface area (Å²) in [7, 11) is -3.04. The second kappa shape index (κ2) is 4.19. The Hall–Kier alpha value is -0.460. The van der Waals surface area contributed by atoms with E-state index in [2.05, 4.69) is 4.98 Å². The van der Waals surface area contributed by atoms with Gasteiger partial charge < -0.3 is 5.11 Å². The summed E-state index contributed by atoms with van der Waals surface area (Å²) >= 11 is 1.24. The van der Waals surface area contributed by atoms with Crippen molar-refractivity contribution in [3.63, 3.8) is 0 Å². The van der Waals surface area contributed by atoms with Crippen LogP contribution in [0.3, 0.4) is 0 Å². The van der Waals surface area contributed by atoms with Crippen LogP contribution in [-0.4, -0.2) is 24.3 Å². The summed E-state index contributed by atoms with van der Waals surface area (Å²) in [5.41, 5.74) is -0.952. The van der Waals surface area contributed by atoms with E-state index in [0.29, 0.717) is 9.88 Å². The number of aromatic nitrogens is 1. The minimum Gasteiger partial charge on any atom is -0.385 e. The third-order valence-corrected chi connectivity index (χ3v) is 5.03. The molecule has 0 bridgehead atoms. The highest BCUT2D eigenvalue weighted by molar-refractivity contribution is 7.90. The maximum absolute atomic E-state index is 11.3. The molecule has 0 unspecified atom stereocenters. The molecule has 0 saturated heterocycles. The molecule has 0 aliphatic carbocycles. The molecule has 0 atom stereocenters. The van der Waals surface area contributed by atoms with E-state index in [1.807, 2.05) is 0 Å². The van der Waals surface area contributed by atoms with E-state index < -0.39 is 15.4 Å². The molecule has 6 heteroatoms. The quantitative estimate of drug-likeness (QED) is 0.873. The molecular weight excluding hydrogens is 234 g/mol. The average molecular weight is 249 g/mol. The van der Waals surface area contributed by atoms with Gasteiger partial charge in [0.05, 0.1) is 10.5 Å². The Balaban J connectivity index is 2.87. The van der Waals surface area contributed by atoms with Crippen LogP contribution in [0.25, 0.3) is 0 Å². The first-order chi connectivity index (χ1) is 6.74. The third-order valence-electron chi connectivity index (χ3n) is 1.94. The smallest absolute Gasteiger partial charge is 0.156 e. The molecule has 0 fully saturated rings. The van der Waals surface area contributed by atoms with E-state index >= 15 is 0 Å². The van der Waals surface area contributed by atoms with Gasteiger partial charge >= 0.3 is 0 Å². The van der Waals surface area contributed by atoms with Crippen LogP contribution in [0.5, 0.6) is 0 Å². The lowest BCUT2D eigenvalue weighted by Crippen LogP contribution is -2.12. The Morgan fingerprint density at radius 1 is 1.53 bits per heavy atom. The summed E-state index contributed by atoms with van der Waals surface area (Å²) < 4.78 is 22.7. The van der Waals surface area contributed by atoms with Gasteiger partial charge in [-0.3, -0.25) is 0 Å². The van der Waals surface area contributed by atoms with Gasteiger partial charge in [-0.15, -0.1) is 11.3 Å². The average Bonchev–Trinajstić information content (AvgIpc) is 2.51. The predicted molar refractivity (Wildman–Crippen MR) is 60.5 cm³/mol. The number of hydrogen-bond donors (Lipinski definition) is 1. The first-order valence-corrected chi connectivity index (χ1v) is 7.26. The van der Waals surface area contributed by atoms with E-state index in [-0.39, 0.29) is 11.5 Å². The second-order valence-electron chi connectivity index (χ2n) is 3.85. The zero-order chi connectivity index (χ0) is 11.7. The number of nitrogens with zero attached hydrogens (tertiary/aromatic N) is 1. The van der Waals surface area contributed by atoms with Gasteiger partial charge in [-0.25, -0.2) is 13.4 Å². The Kier molecular flexibility index (Phi) is 3.52. The molecule has 1 rings (SSSR count). The maximum Gasteiger partial charge on any atom is 0.156 e. The molecule has 4 nitrogen and oxygen atoms in total. The highest BCUT2D eigenvalue weighted by Gasteiger charge is 2.20. The minimum absolute atomic E-state index is 0.0375. The Morgan fingerprint density at radius 2 is 2.13 bits per heavy atom. The molecule has 1 N–H and O–H groups in total. The van der Waals surface area contributed by atoms with Crippen LogP contribution in [0.4, 0.5) is 0 Å². The zero-order valence-corrected chi connectivity index (χ0v) is 10.7. The van der Waals surface area contributed by atoms with E-state index in [1.54, 1.807) is 20.8 Å². The molecule has 0 radical (unpaired) electrons. The lowest BCUT2D eigenvalue weighted by Gasteiger charge is -2.13. The molecule has 0 saturated carbocycles. The fraction of sp³-hybridized carbons (Fsp3) is 0.667. The van der Waals surface area contributed by atoms with Gasteiger partial charge in [0.2, 0.25) is 0 Å². The van der Waals surface area contributed by atoms with Gasteiger partial charge in [0, 0.05) is 11.9 Å². The topological polar surface area (TPSA) is 67.3 Å². The van der Waals surface area contributed by atoms with Crippen molar-refractivity contribution in [2.45, 2.75) is 32.1 Å². The molecule has 1 aromatic heterocycles. The van der Waals surface area contributed by atoms with Crippen LogP contribution in [0.1, 0.15) is 30.7 Å². The Morgan fingerprint density at radius 3 is 2.53 bits per heavy atom. The number of rotatable bonds is 4. The summed E-state index contributed by atoms with van der Waals surface area (Å²) in [6.45, 7) is 4.91. The highest BCUT2D eigenvalue weighted by Crippen LogP contribution is 2.26. The fourth-order valence-electron chi connectivity index (χ4n) is 0.950. The molecule has 0 aliphatic rings. The van der Waals surface area contributed by atoms with Crippen LogP contribution >= 0.6 is 11.3 Å². The van der Waals surface area contributed by atoms with Crippen LogP contribution in [0.15, 0.2) is 6.20 Å². The van der Waals surface area contributed by atoms with E-state index in [0.717, 1.165) is 0 Å². The highest BCUT2D eigenvalue weighted by atomic mass is 32.2. The lowest BCUT2D eigenvalue weighted by atomic mass is 10.1. The van der Waals surface area contributed by atoms with Gasteiger partial charge in [-0.2, -0.15) is 0 Å². The molecule has 1 heterocycles. The van der Waals surface area contributed by atoms with Crippen molar-refractivity contribution in [2.75, 3.05) is 5.75 Å². The molecule has 15 heavy (non-hydrogen) atoms. The van der Waals surface area contributed by atoms with Crippen molar-refractivity contribution in [1.29, 1.82) is 0 Å². The van der Waals surface area contributed by atoms with Crippen molar-refractivity contribution in [2.24, 2.45) is 0 Å². The van der Waals surface area contributed by atoms with Crippen LogP contribution in [0.2, 0.25) is 0 Å². The minimum atomic E-state index is -3.04. The number of thiazole rings is 1. The molecule has 1 aromatic rings. The van der Waals surface area contributed by atoms with Crippen molar-refractivity contribution in [1.82, 2.24) is 4.98 Å². The molecule has 86 valence electrons. The van der Waals surface area contributed by atoms with E-state index in [1.165, 1.54) is 17.5 Å². The van der Waals surface area contributed by atoms with Gasteiger partial charge in [0.25, 0.3) is 0 Å².